The lowest BCUT2D eigenvalue weighted by Gasteiger charge is -2.24. The molecular weight excluding hydrogens is 500 g/mol. The highest BCUT2D eigenvalue weighted by atomic mass is 16.3. The van der Waals surface area contributed by atoms with Gasteiger partial charge in [-0.2, -0.15) is 0 Å². The molecule has 41 heavy (non-hydrogen) atoms. The predicted octanol–water partition coefficient (Wildman–Crippen LogP) is 10.8. The lowest BCUT2D eigenvalue weighted by atomic mass is 9.88. The molecule has 0 saturated carbocycles. The maximum atomic E-state index is 6.58. The smallest absolute Gasteiger partial charge is 0.149 e. The molecule has 0 aliphatic heterocycles. The first-order chi connectivity index (χ1) is 19.9. The fourth-order valence-corrected chi connectivity index (χ4v) is 6.20. The Morgan fingerprint density at radius 1 is 0.659 bits per heavy atom. The van der Waals surface area contributed by atoms with Crippen molar-refractivity contribution in [1.82, 2.24) is 9.55 Å². The Bertz CT molecular complexity index is 2030. The molecule has 3 nitrogen and oxygen atoms in total. The van der Waals surface area contributed by atoms with Crippen LogP contribution in [0.3, 0.4) is 0 Å². The SMILES string of the molecule is Cc1ccc2c(oc3ccccc32)c1-c1nc2ccccc2n1-c1c(C(C)C)cc(-c2ccccc2)cc1C(C)C. The molecule has 0 saturated heterocycles. The number of rotatable bonds is 5. The number of nitrogens with zero attached hydrogens (tertiary/aromatic N) is 2. The maximum Gasteiger partial charge on any atom is 0.149 e. The quantitative estimate of drug-likeness (QED) is 0.220. The number of para-hydroxylation sites is 3. The van der Waals surface area contributed by atoms with Crippen LogP contribution in [0.5, 0.6) is 0 Å². The second kappa shape index (κ2) is 9.78. The first-order valence-electron chi connectivity index (χ1n) is 14.5. The summed E-state index contributed by atoms with van der Waals surface area (Å²) in [6.07, 6.45) is 0. The van der Waals surface area contributed by atoms with E-state index in [4.69, 9.17) is 9.40 Å². The van der Waals surface area contributed by atoms with Crippen molar-refractivity contribution in [3.8, 4) is 28.2 Å². The summed E-state index contributed by atoms with van der Waals surface area (Å²) in [4.78, 5) is 5.32. The van der Waals surface area contributed by atoms with Crippen molar-refractivity contribution in [3.63, 3.8) is 0 Å². The van der Waals surface area contributed by atoms with E-state index in [2.05, 4.69) is 130 Å². The molecule has 0 fully saturated rings. The van der Waals surface area contributed by atoms with Crippen LogP contribution < -0.4 is 0 Å². The van der Waals surface area contributed by atoms with Crippen molar-refractivity contribution in [2.24, 2.45) is 0 Å². The molecule has 0 spiro atoms. The number of hydrogen-bond donors (Lipinski definition) is 0. The Kier molecular flexibility index (Phi) is 6.04. The van der Waals surface area contributed by atoms with Gasteiger partial charge in [-0.1, -0.05) is 100 Å². The Hall–Kier alpha value is -4.63. The molecule has 2 heterocycles. The van der Waals surface area contributed by atoms with Crippen LogP contribution in [0.25, 0.3) is 61.2 Å². The number of aromatic nitrogens is 2. The summed E-state index contributed by atoms with van der Waals surface area (Å²) in [5.74, 6) is 1.54. The number of hydrogen-bond acceptors (Lipinski definition) is 2. The molecule has 0 amide bonds. The molecule has 5 aromatic carbocycles. The van der Waals surface area contributed by atoms with Gasteiger partial charge >= 0.3 is 0 Å². The van der Waals surface area contributed by atoms with E-state index in [9.17, 15) is 0 Å². The van der Waals surface area contributed by atoms with Crippen molar-refractivity contribution >= 4 is 33.0 Å². The van der Waals surface area contributed by atoms with Gasteiger partial charge in [0.05, 0.1) is 22.3 Å². The monoisotopic (exact) mass is 534 g/mol. The Labute approximate surface area is 241 Å². The highest BCUT2D eigenvalue weighted by molar-refractivity contribution is 6.10. The standard InChI is InChI=1S/C38H34N2O/c1-23(2)30-21-27(26-13-7-6-8-14-26)22-31(24(3)4)36(30)40-33-17-11-10-16-32(33)39-38(40)35-25(5)19-20-29-28-15-9-12-18-34(28)41-37(29)35/h6-24H,1-5H3. The van der Waals surface area contributed by atoms with Crippen molar-refractivity contribution in [1.29, 1.82) is 0 Å². The number of fused-ring (bicyclic) bond motifs is 4. The van der Waals surface area contributed by atoms with Gasteiger partial charge in [0, 0.05) is 10.8 Å². The van der Waals surface area contributed by atoms with Crippen LogP contribution >= 0.6 is 0 Å². The molecule has 0 aliphatic rings. The van der Waals surface area contributed by atoms with Gasteiger partial charge in [-0.15, -0.1) is 0 Å². The predicted molar refractivity (Wildman–Crippen MR) is 172 cm³/mol. The van der Waals surface area contributed by atoms with Crippen molar-refractivity contribution in [3.05, 3.63) is 120 Å². The molecule has 3 heteroatoms. The van der Waals surface area contributed by atoms with E-state index in [0.717, 1.165) is 49.9 Å². The first-order valence-corrected chi connectivity index (χ1v) is 14.5. The third-order valence-electron chi connectivity index (χ3n) is 8.28. The molecule has 7 rings (SSSR count). The Morgan fingerprint density at radius 2 is 1.32 bits per heavy atom. The normalized spacial score (nSPS) is 12.0. The van der Waals surface area contributed by atoms with Crippen LogP contribution in [0.4, 0.5) is 0 Å². The number of imidazole rings is 1. The van der Waals surface area contributed by atoms with Crippen LogP contribution in [0.1, 0.15) is 56.2 Å². The lowest BCUT2D eigenvalue weighted by molar-refractivity contribution is 0.669. The minimum Gasteiger partial charge on any atom is -0.455 e. The Balaban J connectivity index is 1.62. The van der Waals surface area contributed by atoms with Crippen molar-refractivity contribution in [2.75, 3.05) is 0 Å². The van der Waals surface area contributed by atoms with E-state index in [1.165, 1.54) is 27.9 Å². The molecule has 0 atom stereocenters. The fourth-order valence-electron chi connectivity index (χ4n) is 6.20. The molecular formula is C38H34N2O. The Morgan fingerprint density at radius 3 is 2.05 bits per heavy atom. The van der Waals surface area contributed by atoms with Gasteiger partial charge in [-0.3, -0.25) is 4.57 Å². The van der Waals surface area contributed by atoms with Crippen LogP contribution in [-0.4, -0.2) is 9.55 Å². The largest absolute Gasteiger partial charge is 0.455 e. The molecule has 2 aromatic heterocycles. The molecule has 0 radical (unpaired) electrons. The van der Waals surface area contributed by atoms with Gasteiger partial charge < -0.3 is 4.42 Å². The molecule has 0 unspecified atom stereocenters. The zero-order valence-electron chi connectivity index (χ0n) is 24.3. The molecule has 0 N–H and O–H groups in total. The molecule has 7 aromatic rings. The van der Waals surface area contributed by atoms with Gasteiger partial charge in [0.25, 0.3) is 0 Å². The van der Waals surface area contributed by atoms with Gasteiger partial charge in [0.2, 0.25) is 0 Å². The van der Waals surface area contributed by atoms with Crippen LogP contribution in [0.15, 0.2) is 108 Å². The maximum absolute atomic E-state index is 6.58. The van der Waals surface area contributed by atoms with Gasteiger partial charge in [0.1, 0.15) is 17.0 Å². The van der Waals surface area contributed by atoms with Gasteiger partial charge in [-0.05, 0) is 76.9 Å². The molecule has 202 valence electrons. The molecule has 0 aliphatic carbocycles. The van der Waals surface area contributed by atoms with E-state index in [0.29, 0.717) is 11.8 Å². The topological polar surface area (TPSA) is 31.0 Å². The average molecular weight is 535 g/mol. The van der Waals surface area contributed by atoms with Crippen LogP contribution in [0, 0.1) is 6.92 Å². The number of aryl methyl sites for hydroxylation is 1. The summed E-state index contributed by atoms with van der Waals surface area (Å²) < 4.78 is 8.99. The first kappa shape index (κ1) is 25.3. The van der Waals surface area contributed by atoms with Gasteiger partial charge in [0.15, 0.2) is 0 Å². The summed E-state index contributed by atoms with van der Waals surface area (Å²) in [5.41, 5.74) is 12.4. The summed E-state index contributed by atoms with van der Waals surface area (Å²) >= 11 is 0. The van der Waals surface area contributed by atoms with E-state index in [1.54, 1.807) is 0 Å². The van der Waals surface area contributed by atoms with E-state index in [1.807, 2.05) is 12.1 Å². The average Bonchev–Trinajstić information content (AvgIpc) is 3.55. The third kappa shape index (κ3) is 4.07. The van der Waals surface area contributed by atoms with Crippen molar-refractivity contribution in [2.45, 2.75) is 46.5 Å². The number of benzene rings is 5. The minimum atomic E-state index is 0.309. The highest BCUT2D eigenvalue weighted by Crippen LogP contribution is 2.43. The van der Waals surface area contributed by atoms with E-state index in [-0.39, 0.29) is 0 Å². The lowest BCUT2D eigenvalue weighted by Crippen LogP contribution is -2.09. The molecule has 0 bridgehead atoms. The van der Waals surface area contributed by atoms with E-state index < -0.39 is 0 Å². The fraction of sp³-hybridized carbons (Fsp3) is 0.184. The minimum absolute atomic E-state index is 0.309. The second-order valence-electron chi connectivity index (χ2n) is 11.7. The second-order valence-corrected chi connectivity index (χ2v) is 11.7. The third-order valence-corrected chi connectivity index (χ3v) is 8.28. The van der Waals surface area contributed by atoms with Crippen molar-refractivity contribution < 1.29 is 4.42 Å². The van der Waals surface area contributed by atoms with Crippen LogP contribution in [-0.2, 0) is 0 Å². The van der Waals surface area contributed by atoms with Crippen LogP contribution in [0.2, 0.25) is 0 Å². The van der Waals surface area contributed by atoms with Gasteiger partial charge in [-0.25, -0.2) is 4.98 Å². The summed E-state index contributed by atoms with van der Waals surface area (Å²) in [6.45, 7) is 11.3. The summed E-state index contributed by atoms with van der Waals surface area (Å²) in [5, 5.41) is 2.25. The zero-order valence-corrected chi connectivity index (χ0v) is 24.3. The summed E-state index contributed by atoms with van der Waals surface area (Å²) in [7, 11) is 0. The summed E-state index contributed by atoms with van der Waals surface area (Å²) in [6, 6.07) is 36.7. The zero-order chi connectivity index (χ0) is 28.2. The highest BCUT2D eigenvalue weighted by Gasteiger charge is 2.26. The number of furan rings is 1. The van der Waals surface area contributed by atoms with E-state index >= 15 is 0 Å².